The summed E-state index contributed by atoms with van der Waals surface area (Å²) in [5.41, 5.74) is -1.44. The number of alkyl halides is 6. The molecule has 4 atom stereocenters. The molecule has 360 valence electrons. The zero-order valence-corrected chi connectivity index (χ0v) is 36.3. The van der Waals surface area contributed by atoms with E-state index in [4.69, 9.17) is 9.47 Å². The van der Waals surface area contributed by atoms with Crippen LogP contribution in [-0.4, -0.2) is 138 Å². The van der Waals surface area contributed by atoms with Crippen LogP contribution in [0.3, 0.4) is 0 Å². The molecule has 4 amide bonds. The number of aromatic nitrogens is 8. The van der Waals surface area contributed by atoms with E-state index in [2.05, 4.69) is 40.5 Å². The van der Waals surface area contributed by atoms with E-state index in [0.29, 0.717) is 86.5 Å². The quantitative estimate of drug-likeness (QED) is 0.181. The normalized spacial score (nSPS) is 20.9. The number of nitrogens with zero attached hydrogens (tertiary/aromatic N) is 10. The predicted octanol–water partition coefficient (Wildman–Crippen LogP) is 4.37. The second-order valence-electron chi connectivity index (χ2n) is 16.7. The van der Waals surface area contributed by atoms with Gasteiger partial charge in [-0.05, 0) is 37.1 Å². The number of halogens is 6. The molecule has 0 spiro atoms. The Bertz CT molecular complexity index is 2770. The fraction of sp³-hybridized carbons (Fsp3) is 0.429. The lowest BCUT2D eigenvalue weighted by molar-refractivity contribution is -0.138. The van der Waals surface area contributed by atoms with Crippen molar-refractivity contribution in [3.63, 3.8) is 0 Å². The molecule has 4 aliphatic heterocycles. The third-order valence-corrected chi connectivity index (χ3v) is 12.3. The highest BCUT2D eigenvalue weighted by Crippen LogP contribution is 2.33. The Morgan fingerprint density at radius 2 is 1.07 bits per heavy atom. The van der Waals surface area contributed by atoms with Gasteiger partial charge in [-0.1, -0.05) is 0 Å². The van der Waals surface area contributed by atoms with E-state index >= 15 is 0 Å². The van der Waals surface area contributed by atoms with Gasteiger partial charge in [0.2, 0.25) is 0 Å². The number of aryl methyl sites for hydroxylation is 2. The third-order valence-electron chi connectivity index (χ3n) is 12.3. The Balaban J connectivity index is 0.000000170. The van der Waals surface area contributed by atoms with Crippen LogP contribution in [0.15, 0.2) is 71.0 Å². The van der Waals surface area contributed by atoms with Crippen molar-refractivity contribution in [1.82, 2.24) is 48.8 Å². The van der Waals surface area contributed by atoms with Crippen molar-refractivity contribution in [2.24, 2.45) is 14.1 Å². The monoisotopic (exact) mass is 954 g/mol. The largest absolute Gasteiger partial charge is 0.417 e. The molecular formula is C42H44F6N14O6. The van der Waals surface area contributed by atoms with Crippen molar-refractivity contribution in [2.45, 2.75) is 49.5 Å². The Kier molecular flexibility index (Phi) is 12.2. The molecule has 4 aliphatic rings. The van der Waals surface area contributed by atoms with E-state index in [1.807, 2.05) is 21.9 Å². The molecule has 0 aliphatic carbocycles. The highest BCUT2D eigenvalue weighted by atomic mass is 19.4. The number of hydrogen-bond acceptors (Lipinski definition) is 12. The molecule has 26 heteroatoms. The minimum Gasteiger partial charge on any atom is -0.372 e. The van der Waals surface area contributed by atoms with Crippen LogP contribution in [0.2, 0.25) is 0 Å². The maximum absolute atomic E-state index is 13.2. The average Bonchev–Trinajstić information content (AvgIpc) is 4.00. The van der Waals surface area contributed by atoms with E-state index < -0.39 is 58.0 Å². The van der Waals surface area contributed by atoms with Crippen LogP contribution in [0.1, 0.15) is 24.0 Å². The second kappa shape index (κ2) is 18.1. The molecule has 4 saturated heterocycles. The van der Waals surface area contributed by atoms with Gasteiger partial charge in [-0.25, -0.2) is 29.5 Å². The molecule has 0 unspecified atom stereocenters. The highest BCUT2D eigenvalue weighted by molar-refractivity contribution is 5.90. The molecule has 6 aromatic rings. The van der Waals surface area contributed by atoms with Gasteiger partial charge in [0.1, 0.15) is 34.0 Å². The number of amides is 4. The van der Waals surface area contributed by atoms with Crippen LogP contribution in [-0.2, 0) is 35.9 Å². The first kappa shape index (κ1) is 45.9. The predicted molar refractivity (Wildman–Crippen MR) is 233 cm³/mol. The van der Waals surface area contributed by atoms with Crippen LogP contribution >= 0.6 is 0 Å². The summed E-state index contributed by atoms with van der Waals surface area (Å²) in [5.74, 6) is 1.39. The lowest BCUT2D eigenvalue weighted by Crippen LogP contribution is -2.61. The molecule has 6 aromatic heterocycles. The van der Waals surface area contributed by atoms with Crippen LogP contribution in [0.5, 0.6) is 0 Å². The van der Waals surface area contributed by atoms with E-state index in [1.165, 1.54) is 23.9 Å². The van der Waals surface area contributed by atoms with Gasteiger partial charge in [-0.2, -0.15) is 26.3 Å². The Labute approximate surface area is 380 Å². The van der Waals surface area contributed by atoms with Crippen molar-refractivity contribution < 1.29 is 45.4 Å². The summed E-state index contributed by atoms with van der Waals surface area (Å²) in [5, 5.41) is 4.77. The number of hydrogen-bond donors (Lipinski definition) is 4. The summed E-state index contributed by atoms with van der Waals surface area (Å²) in [6, 6.07) is 3.16. The summed E-state index contributed by atoms with van der Waals surface area (Å²) in [6.45, 7) is 3.20. The zero-order chi connectivity index (χ0) is 48.1. The lowest BCUT2D eigenvalue weighted by atomic mass is 9.98. The number of morpholine rings is 2. The standard InChI is InChI=1S/2C21H22F3N7O3/c2*1-29-10-12(21(22,23)24)8-14(19(29)32)28-20(33)31-6-7-34-16-11-30(5-3-15(16)31)17-9-26-18-13(27-17)2-4-25-18/h2*2,4,8-10,15-16H,3,5-7,11H2,1H3,(H,25,26)(H,28,33)/t2*15-,16-/m10/s1. The molecule has 0 aromatic carbocycles. The van der Waals surface area contributed by atoms with Gasteiger partial charge in [0.25, 0.3) is 11.1 Å². The number of pyridine rings is 2. The summed E-state index contributed by atoms with van der Waals surface area (Å²) >= 11 is 0. The molecule has 10 heterocycles. The van der Waals surface area contributed by atoms with E-state index in [0.717, 1.165) is 20.2 Å². The number of carbonyl (C=O) groups is 2. The van der Waals surface area contributed by atoms with Crippen molar-refractivity contribution in [2.75, 3.05) is 72.9 Å². The summed E-state index contributed by atoms with van der Waals surface area (Å²) in [7, 11) is 2.42. The van der Waals surface area contributed by atoms with Gasteiger partial charge in [0.05, 0.1) is 61.0 Å². The number of H-pyrrole nitrogens is 2. The van der Waals surface area contributed by atoms with Crippen LogP contribution in [0.25, 0.3) is 22.3 Å². The zero-order valence-electron chi connectivity index (χ0n) is 36.3. The molecule has 10 rings (SSSR count). The van der Waals surface area contributed by atoms with Crippen molar-refractivity contribution in [1.29, 1.82) is 0 Å². The fourth-order valence-electron chi connectivity index (χ4n) is 8.94. The third kappa shape index (κ3) is 9.36. The smallest absolute Gasteiger partial charge is 0.372 e. The molecule has 0 radical (unpaired) electrons. The number of rotatable bonds is 4. The number of carbonyl (C=O) groups excluding carboxylic acids is 2. The number of fused-ring (bicyclic) bond motifs is 4. The van der Waals surface area contributed by atoms with Gasteiger partial charge in [0.15, 0.2) is 11.3 Å². The number of aromatic amines is 2. The maximum Gasteiger partial charge on any atom is 0.417 e. The van der Waals surface area contributed by atoms with Crippen LogP contribution < -0.4 is 31.6 Å². The topological polar surface area (TPSA) is 217 Å². The molecule has 4 N–H and O–H groups in total. The van der Waals surface area contributed by atoms with Crippen molar-refractivity contribution in [3.05, 3.63) is 93.3 Å². The number of urea groups is 2. The summed E-state index contributed by atoms with van der Waals surface area (Å²) < 4.78 is 92.4. The molecule has 20 nitrogen and oxygen atoms in total. The molecule has 0 saturated carbocycles. The second-order valence-corrected chi connectivity index (χ2v) is 16.7. The summed E-state index contributed by atoms with van der Waals surface area (Å²) in [6.07, 6.45) is -0.524. The minimum atomic E-state index is -4.64. The number of ether oxygens (including phenoxy) is 2. The van der Waals surface area contributed by atoms with Gasteiger partial charge >= 0.3 is 24.4 Å². The first-order valence-corrected chi connectivity index (χ1v) is 21.5. The maximum atomic E-state index is 13.2. The van der Waals surface area contributed by atoms with E-state index in [-0.39, 0.29) is 50.6 Å². The SMILES string of the molecule is Cn1cc(C(F)(F)F)cc(NC(=O)N2CCO[C@@H]3CN(c4cnc5[nH]ccc5n4)CC[C@H]32)c1=O.Cn1cc(C(F)(F)F)cc(NC(=O)N2CCO[C@H]3CN(c4cnc5[nH]ccc5n4)CC[C@@H]32)c1=O. The Hall–Kier alpha value is -7.22. The first-order chi connectivity index (χ1) is 32.4. The Morgan fingerprint density at radius 1 is 0.662 bits per heavy atom. The lowest BCUT2D eigenvalue weighted by Gasteiger charge is -2.46. The number of anilines is 4. The first-order valence-electron chi connectivity index (χ1n) is 21.5. The Morgan fingerprint density at radius 3 is 1.47 bits per heavy atom. The molecule has 4 fully saturated rings. The van der Waals surface area contributed by atoms with Gasteiger partial charge < -0.3 is 58.8 Å². The molecular weight excluding hydrogens is 911 g/mol. The van der Waals surface area contributed by atoms with E-state index in [9.17, 15) is 45.5 Å². The van der Waals surface area contributed by atoms with Gasteiger partial charge in [-0.15, -0.1) is 0 Å². The van der Waals surface area contributed by atoms with Crippen LogP contribution in [0, 0.1) is 0 Å². The number of piperidine rings is 2. The van der Waals surface area contributed by atoms with E-state index in [1.54, 1.807) is 24.8 Å². The van der Waals surface area contributed by atoms with Gasteiger partial charge in [-0.3, -0.25) is 9.59 Å². The highest BCUT2D eigenvalue weighted by Gasteiger charge is 2.42. The van der Waals surface area contributed by atoms with Crippen molar-refractivity contribution >= 4 is 57.4 Å². The summed E-state index contributed by atoms with van der Waals surface area (Å²) in [4.78, 5) is 81.8. The average molecular weight is 955 g/mol. The number of nitrogens with one attached hydrogen (secondary N) is 4. The fourth-order valence-corrected chi connectivity index (χ4v) is 8.94. The van der Waals surface area contributed by atoms with Crippen molar-refractivity contribution in [3.8, 4) is 0 Å². The van der Waals surface area contributed by atoms with Gasteiger partial charge in [0, 0.05) is 78.2 Å². The van der Waals surface area contributed by atoms with Crippen LogP contribution in [0.4, 0.5) is 58.9 Å². The molecule has 0 bridgehead atoms. The molecule has 68 heavy (non-hydrogen) atoms. The minimum absolute atomic E-state index is 0.265.